The van der Waals surface area contributed by atoms with Crippen molar-refractivity contribution < 1.29 is 75.8 Å². The van der Waals surface area contributed by atoms with Gasteiger partial charge in [-0.05, 0) is 148 Å². The zero-order valence-corrected chi connectivity index (χ0v) is 72.3. The van der Waals surface area contributed by atoms with E-state index in [-0.39, 0.29) is 19.3 Å². The first-order valence-electron chi connectivity index (χ1n) is 43.7. The fourth-order valence-electron chi connectivity index (χ4n) is 11.3. The van der Waals surface area contributed by atoms with Crippen LogP contribution in [0.1, 0.15) is 329 Å². The summed E-state index contributed by atoms with van der Waals surface area (Å²) in [6.07, 6.45) is 114. The van der Waals surface area contributed by atoms with Crippen LogP contribution in [0.3, 0.4) is 0 Å². The van der Waals surface area contributed by atoms with Gasteiger partial charge in [0.2, 0.25) is 0 Å². The number of phosphoric ester groups is 2. The predicted octanol–water partition coefficient (Wildman–Crippen LogP) is 26.7. The summed E-state index contributed by atoms with van der Waals surface area (Å²) in [6, 6.07) is 0. The number of hydrogen-bond acceptors (Lipinski definition) is 14. The van der Waals surface area contributed by atoms with Gasteiger partial charge in [-0.25, -0.2) is 9.13 Å². The van der Waals surface area contributed by atoms with E-state index in [2.05, 4.69) is 197 Å². The fraction of sp³-hybridized carbons (Fsp3) is 0.632. The van der Waals surface area contributed by atoms with Gasteiger partial charge in [0, 0.05) is 19.3 Å². The van der Waals surface area contributed by atoms with Gasteiger partial charge in [0.1, 0.15) is 25.4 Å². The standard InChI is InChI=1S/C95H156O16P2/c1-4-7-10-13-16-19-22-25-28-31-34-36-38-40-41-42-43-44-45-46-47-49-51-52-55-57-60-63-66-69-72-75-78-81-93(98)105-84-90(96)85-107-112(101,102)108-86-91(97)87-109-113(103,104)110-89-92(111-95(100)83-80-77-74-71-68-65-62-59-54-33-30-27-24-21-18-15-12-9-6-3)88-106-94(99)82-79-76-73-70-67-64-61-58-56-53-50-48-39-37-35-32-29-26-23-20-17-14-11-8-5-2/h7-12,16-21,25-30,34-37,40-41,48,50,54,59,65,68,74,77,90-92,96-97H,4-6,13-15,22-24,31-33,38-39,42-47,49,51-53,55-58,60-64,66-67,69-73,75-76,78-89H2,1-3H3,(H,101,102)(H,103,104)/b10-7-,11-8-,12-9-,19-16-,20-17-,21-18-,28-25-,29-26-,30-27-,36-34-,37-35-,41-40-,50-48-,59-54-,68-65-,77-74-. The van der Waals surface area contributed by atoms with E-state index >= 15 is 0 Å². The maximum Gasteiger partial charge on any atom is 0.472 e. The average molecular weight is 1620 g/mol. The first-order valence-corrected chi connectivity index (χ1v) is 46.7. The lowest BCUT2D eigenvalue weighted by atomic mass is 10.0. The summed E-state index contributed by atoms with van der Waals surface area (Å²) < 4.78 is 61.2. The molecule has 0 aliphatic carbocycles. The molecule has 4 N–H and O–H groups in total. The van der Waals surface area contributed by atoms with E-state index in [9.17, 15) is 43.5 Å². The Morgan fingerprint density at radius 1 is 0.248 bits per heavy atom. The molecule has 5 atom stereocenters. The van der Waals surface area contributed by atoms with E-state index in [0.29, 0.717) is 25.7 Å². The third-order valence-corrected chi connectivity index (χ3v) is 19.7. The third kappa shape index (κ3) is 87.1. The molecule has 5 unspecified atom stereocenters. The molecule has 0 aliphatic heterocycles. The zero-order chi connectivity index (χ0) is 82.2. The Hall–Kier alpha value is -5.61. The Morgan fingerprint density at radius 3 is 0.735 bits per heavy atom. The van der Waals surface area contributed by atoms with Crippen LogP contribution in [0.4, 0.5) is 0 Å². The summed E-state index contributed by atoms with van der Waals surface area (Å²) in [4.78, 5) is 58.8. The van der Waals surface area contributed by atoms with E-state index < -0.39 is 91.5 Å². The monoisotopic (exact) mass is 1620 g/mol. The maximum absolute atomic E-state index is 13.0. The van der Waals surface area contributed by atoms with Gasteiger partial charge in [0.15, 0.2) is 6.10 Å². The molecular formula is C95H156O16P2. The van der Waals surface area contributed by atoms with Crippen LogP contribution in [-0.4, -0.2) is 95.9 Å². The molecular weight excluding hydrogens is 1460 g/mol. The second-order valence-corrected chi connectivity index (χ2v) is 31.5. The highest BCUT2D eigenvalue weighted by atomic mass is 31.2. The highest BCUT2D eigenvalue weighted by molar-refractivity contribution is 7.47. The molecule has 0 spiro atoms. The largest absolute Gasteiger partial charge is 0.472 e. The van der Waals surface area contributed by atoms with Crippen molar-refractivity contribution >= 4 is 33.6 Å². The van der Waals surface area contributed by atoms with Gasteiger partial charge in [0.05, 0.1) is 26.4 Å². The van der Waals surface area contributed by atoms with Crippen LogP contribution in [0.25, 0.3) is 0 Å². The minimum Gasteiger partial charge on any atom is -0.463 e. The minimum atomic E-state index is -4.97. The van der Waals surface area contributed by atoms with Crippen LogP contribution in [0.15, 0.2) is 194 Å². The van der Waals surface area contributed by atoms with Crippen molar-refractivity contribution in [1.82, 2.24) is 0 Å². The summed E-state index contributed by atoms with van der Waals surface area (Å²) in [6.45, 7) is 2.25. The van der Waals surface area contributed by atoms with Crippen LogP contribution in [-0.2, 0) is 55.8 Å². The Labute approximate surface area is 687 Å². The Bertz CT molecular complexity index is 2830. The van der Waals surface area contributed by atoms with Gasteiger partial charge in [-0.2, -0.15) is 0 Å². The number of hydrogen-bond donors (Lipinski definition) is 4. The second kappa shape index (κ2) is 85.8. The molecule has 0 aliphatic rings. The lowest BCUT2D eigenvalue weighted by Gasteiger charge is -2.21. The number of phosphoric acid groups is 2. The van der Waals surface area contributed by atoms with Gasteiger partial charge in [0.25, 0.3) is 0 Å². The van der Waals surface area contributed by atoms with E-state index in [1.54, 1.807) is 0 Å². The predicted molar refractivity (Wildman–Crippen MR) is 472 cm³/mol. The number of aliphatic hydroxyl groups is 2. The number of rotatable bonds is 81. The van der Waals surface area contributed by atoms with E-state index in [0.717, 1.165) is 148 Å². The van der Waals surface area contributed by atoms with Crippen molar-refractivity contribution in [2.24, 2.45) is 0 Å². The minimum absolute atomic E-state index is 0.0284. The first-order chi connectivity index (χ1) is 55.2. The van der Waals surface area contributed by atoms with Crippen molar-refractivity contribution in [3.8, 4) is 0 Å². The molecule has 16 nitrogen and oxygen atoms in total. The number of allylic oxidation sites excluding steroid dienone is 32. The second-order valence-electron chi connectivity index (χ2n) is 28.5. The zero-order valence-electron chi connectivity index (χ0n) is 70.5. The molecule has 642 valence electrons. The highest BCUT2D eigenvalue weighted by Gasteiger charge is 2.29. The van der Waals surface area contributed by atoms with Gasteiger partial charge in [-0.1, -0.05) is 356 Å². The number of carbonyl (C=O) groups excluding carboxylic acids is 3. The number of ether oxygens (including phenoxy) is 3. The van der Waals surface area contributed by atoms with E-state index in [1.807, 2.05) is 18.2 Å². The maximum atomic E-state index is 13.0. The lowest BCUT2D eigenvalue weighted by Crippen LogP contribution is -2.29. The number of aliphatic hydroxyl groups excluding tert-OH is 2. The number of unbranched alkanes of at least 4 members (excludes halogenated alkanes) is 26. The Morgan fingerprint density at radius 2 is 0.460 bits per heavy atom. The smallest absolute Gasteiger partial charge is 0.463 e. The molecule has 0 aromatic carbocycles. The molecule has 0 aromatic heterocycles. The summed E-state index contributed by atoms with van der Waals surface area (Å²) >= 11 is 0. The fourth-order valence-corrected chi connectivity index (χ4v) is 12.9. The number of carbonyl (C=O) groups is 3. The highest BCUT2D eigenvalue weighted by Crippen LogP contribution is 2.45. The molecule has 18 heteroatoms. The lowest BCUT2D eigenvalue weighted by molar-refractivity contribution is -0.161. The average Bonchev–Trinajstić information content (AvgIpc) is 0.902. The normalized spacial score (nSPS) is 14.8. The van der Waals surface area contributed by atoms with Crippen LogP contribution in [0.2, 0.25) is 0 Å². The topological polar surface area (TPSA) is 231 Å². The quantitative estimate of drug-likeness (QED) is 0.0146. The van der Waals surface area contributed by atoms with Crippen molar-refractivity contribution in [3.63, 3.8) is 0 Å². The molecule has 0 fully saturated rings. The van der Waals surface area contributed by atoms with Crippen LogP contribution >= 0.6 is 15.6 Å². The van der Waals surface area contributed by atoms with Crippen molar-refractivity contribution in [2.75, 3.05) is 39.6 Å². The van der Waals surface area contributed by atoms with Gasteiger partial charge in [-0.3, -0.25) is 32.5 Å². The SMILES string of the molecule is CC/C=C\C/C=C\C/C=C\C/C=C\C/C=C\C/C=C\CCC(=O)OC(COC(=O)CCCCCCCCCCC/C=C\C/C=C\C/C=C\C/C=C\C/C=C\CC)COP(=O)(O)OCC(O)COP(=O)(O)OCC(O)COC(=O)CCCCCCCCCCCCCCCCCCC/C=C\C/C=C\C/C=C\C/C=C\C/C=C\CC. The van der Waals surface area contributed by atoms with Gasteiger partial charge >= 0.3 is 33.6 Å². The van der Waals surface area contributed by atoms with Gasteiger partial charge < -0.3 is 34.2 Å². The number of esters is 3. The molecule has 0 radical (unpaired) electrons. The summed E-state index contributed by atoms with van der Waals surface area (Å²) in [7, 11) is -9.84. The Balaban J connectivity index is 4.59. The summed E-state index contributed by atoms with van der Waals surface area (Å²) in [5.74, 6) is -1.69. The third-order valence-electron chi connectivity index (χ3n) is 17.8. The van der Waals surface area contributed by atoms with Crippen molar-refractivity contribution in [2.45, 2.75) is 347 Å². The molecule has 0 bridgehead atoms. The van der Waals surface area contributed by atoms with Crippen LogP contribution < -0.4 is 0 Å². The molecule has 0 saturated heterocycles. The van der Waals surface area contributed by atoms with Crippen molar-refractivity contribution in [3.05, 3.63) is 194 Å². The van der Waals surface area contributed by atoms with Crippen molar-refractivity contribution in [1.29, 1.82) is 0 Å². The molecule has 0 saturated carbocycles. The molecule has 0 rings (SSSR count). The summed E-state index contributed by atoms with van der Waals surface area (Å²) in [5, 5.41) is 20.7. The molecule has 0 amide bonds. The first kappa shape index (κ1) is 107. The van der Waals surface area contributed by atoms with Crippen LogP contribution in [0.5, 0.6) is 0 Å². The molecule has 0 aromatic rings. The van der Waals surface area contributed by atoms with Crippen LogP contribution in [0, 0.1) is 0 Å². The molecule has 113 heavy (non-hydrogen) atoms. The van der Waals surface area contributed by atoms with E-state index in [4.69, 9.17) is 32.3 Å². The molecule has 0 heterocycles. The van der Waals surface area contributed by atoms with E-state index in [1.165, 1.54) is 116 Å². The summed E-state index contributed by atoms with van der Waals surface area (Å²) in [5.41, 5.74) is 0. The Kier molecular flexibility index (Phi) is 81.5. The van der Waals surface area contributed by atoms with Gasteiger partial charge in [-0.15, -0.1) is 0 Å².